The van der Waals surface area contributed by atoms with Gasteiger partial charge in [0.1, 0.15) is 0 Å². The van der Waals surface area contributed by atoms with E-state index in [4.69, 9.17) is 0 Å². The standard InChI is InChI=1S/C14H25N3OS2/c1-7-12-16-10(3)13(20-12)11(4)17(5)14(18)15-9(2)8-19-6/h9,11H,7-8H2,1-6H3,(H,15,18)/t9-,11-/m0/s1. The van der Waals surface area contributed by atoms with Gasteiger partial charge in [-0.25, -0.2) is 9.78 Å². The van der Waals surface area contributed by atoms with E-state index in [1.165, 1.54) is 4.88 Å². The van der Waals surface area contributed by atoms with Crippen LogP contribution in [0.4, 0.5) is 4.79 Å². The van der Waals surface area contributed by atoms with Crippen molar-refractivity contribution >= 4 is 29.1 Å². The molecule has 2 amide bonds. The maximum Gasteiger partial charge on any atom is 0.317 e. The van der Waals surface area contributed by atoms with Crippen LogP contribution in [0.5, 0.6) is 0 Å². The van der Waals surface area contributed by atoms with E-state index in [-0.39, 0.29) is 18.1 Å². The van der Waals surface area contributed by atoms with Crippen LogP contribution in [0.2, 0.25) is 0 Å². The van der Waals surface area contributed by atoms with E-state index in [1.54, 1.807) is 28.0 Å². The molecule has 6 heteroatoms. The Labute approximate surface area is 130 Å². The zero-order valence-electron chi connectivity index (χ0n) is 13.2. The van der Waals surface area contributed by atoms with E-state index in [0.29, 0.717) is 0 Å². The molecule has 2 atom stereocenters. The molecule has 0 aliphatic rings. The summed E-state index contributed by atoms with van der Waals surface area (Å²) in [6.07, 6.45) is 2.99. The Morgan fingerprint density at radius 2 is 2.15 bits per heavy atom. The minimum absolute atomic E-state index is 0.0232. The second-order valence-electron chi connectivity index (χ2n) is 5.00. The molecule has 0 bridgehead atoms. The van der Waals surface area contributed by atoms with Gasteiger partial charge in [0.05, 0.1) is 16.7 Å². The van der Waals surface area contributed by atoms with Crippen molar-refractivity contribution in [2.45, 2.75) is 46.2 Å². The molecule has 0 unspecified atom stereocenters. The average Bonchev–Trinajstić information content (AvgIpc) is 2.78. The van der Waals surface area contributed by atoms with Gasteiger partial charge < -0.3 is 10.2 Å². The summed E-state index contributed by atoms with van der Waals surface area (Å²) in [5, 5.41) is 4.16. The molecule has 0 saturated heterocycles. The summed E-state index contributed by atoms with van der Waals surface area (Å²) >= 11 is 3.44. The van der Waals surface area contributed by atoms with E-state index >= 15 is 0 Å². The molecule has 0 radical (unpaired) electrons. The molecule has 0 saturated carbocycles. The van der Waals surface area contributed by atoms with Gasteiger partial charge in [-0.2, -0.15) is 11.8 Å². The van der Waals surface area contributed by atoms with Gasteiger partial charge in [0.15, 0.2) is 0 Å². The number of amides is 2. The average molecular weight is 316 g/mol. The van der Waals surface area contributed by atoms with Gasteiger partial charge in [0.25, 0.3) is 0 Å². The highest BCUT2D eigenvalue weighted by Gasteiger charge is 2.22. The molecular weight excluding hydrogens is 290 g/mol. The third kappa shape index (κ3) is 4.38. The van der Waals surface area contributed by atoms with Crippen LogP contribution in [0.15, 0.2) is 0 Å². The molecule has 0 fully saturated rings. The molecular formula is C14H25N3OS2. The zero-order chi connectivity index (χ0) is 15.3. The topological polar surface area (TPSA) is 45.2 Å². The highest BCUT2D eigenvalue weighted by molar-refractivity contribution is 7.98. The molecule has 1 N–H and O–H groups in total. The quantitative estimate of drug-likeness (QED) is 0.874. The number of thiazole rings is 1. The van der Waals surface area contributed by atoms with Crippen molar-refractivity contribution in [1.29, 1.82) is 0 Å². The molecule has 114 valence electrons. The fraction of sp³-hybridized carbons (Fsp3) is 0.714. The molecule has 1 heterocycles. The summed E-state index contributed by atoms with van der Waals surface area (Å²) in [6, 6.07) is 0.208. The number of nitrogens with zero attached hydrogens (tertiary/aromatic N) is 2. The fourth-order valence-corrected chi connectivity index (χ4v) is 3.65. The van der Waals surface area contributed by atoms with Gasteiger partial charge in [-0.1, -0.05) is 6.92 Å². The summed E-state index contributed by atoms with van der Waals surface area (Å²) < 4.78 is 0. The third-order valence-corrected chi connectivity index (χ3v) is 5.55. The summed E-state index contributed by atoms with van der Waals surface area (Å²) in [6.45, 7) is 8.20. The van der Waals surface area contributed by atoms with Gasteiger partial charge >= 0.3 is 6.03 Å². The molecule has 0 aromatic carbocycles. The Morgan fingerprint density at radius 3 is 2.65 bits per heavy atom. The van der Waals surface area contributed by atoms with Crippen LogP contribution >= 0.6 is 23.1 Å². The second kappa shape index (κ2) is 7.88. The van der Waals surface area contributed by atoms with Crippen molar-refractivity contribution in [3.8, 4) is 0 Å². The van der Waals surface area contributed by atoms with E-state index in [1.807, 2.05) is 27.2 Å². The van der Waals surface area contributed by atoms with Crippen molar-refractivity contribution in [2.75, 3.05) is 19.1 Å². The van der Waals surface area contributed by atoms with Gasteiger partial charge in [-0.05, 0) is 33.4 Å². The number of aryl methyl sites for hydroxylation is 2. The normalized spacial score (nSPS) is 13.9. The predicted octanol–water partition coefficient (Wildman–Crippen LogP) is 3.47. The van der Waals surface area contributed by atoms with Crippen LogP contribution in [0.25, 0.3) is 0 Å². The first-order valence-corrected chi connectivity index (χ1v) is 9.10. The Hall–Kier alpha value is -0.750. The van der Waals surface area contributed by atoms with Crippen LogP contribution in [0.3, 0.4) is 0 Å². The lowest BCUT2D eigenvalue weighted by atomic mass is 10.2. The molecule has 4 nitrogen and oxygen atoms in total. The van der Waals surface area contributed by atoms with E-state index < -0.39 is 0 Å². The van der Waals surface area contributed by atoms with Crippen LogP contribution in [0, 0.1) is 6.92 Å². The lowest BCUT2D eigenvalue weighted by molar-refractivity contribution is 0.192. The number of aromatic nitrogens is 1. The van der Waals surface area contributed by atoms with Crippen LogP contribution in [-0.4, -0.2) is 41.0 Å². The minimum Gasteiger partial charge on any atom is -0.335 e. The summed E-state index contributed by atoms with van der Waals surface area (Å²) in [7, 11) is 1.84. The highest BCUT2D eigenvalue weighted by atomic mass is 32.2. The van der Waals surface area contributed by atoms with Crippen LogP contribution < -0.4 is 5.32 Å². The van der Waals surface area contributed by atoms with Crippen LogP contribution in [0.1, 0.15) is 42.4 Å². The van der Waals surface area contributed by atoms with Crippen molar-refractivity contribution in [2.24, 2.45) is 0 Å². The fourth-order valence-electron chi connectivity index (χ4n) is 1.96. The molecule has 1 rings (SSSR count). The second-order valence-corrected chi connectivity index (χ2v) is 7.03. The Morgan fingerprint density at radius 1 is 1.50 bits per heavy atom. The van der Waals surface area contributed by atoms with Gasteiger partial charge in [-0.3, -0.25) is 0 Å². The van der Waals surface area contributed by atoms with E-state index in [2.05, 4.69) is 24.1 Å². The number of hydrogen-bond donors (Lipinski definition) is 1. The van der Waals surface area contributed by atoms with E-state index in [9.17, 15) is 4.79 Å². The SMILES string of the molecule is CCc1nc(C)c([C@H](C)N(C)C(=O)N[C@@H](C)CSC)s1. The maximum absolute atomic E-state index is 12.2. The van der Waals surface area contributed by atoms with Gasteiger partial charge in [0.2, 0.25) is 0 Å². The number of hydrogen-bond acceptors (Lipinski definition) is 4. The molecule has 20 heavy (non-hydrogen) atoms. The smallest absolute Gasteiger partial charge is 0.317 e. The molecule has 0 aliphatic carbocycles. The first kappa shape index (κ1) is 17.3. The Kier molecular flexibility index (Phi) is 6.82. The molecule has 0 spiro atoms. The maximum atomic E-state index is 12.2. The first-order chi connectivity index (χ1) is 9.40. The number of carbonyl (C=O) groups excluding carboxylic acids is 1. The van der Waals surface area contributed by atoms with Crippen molar-refractivity contribution in [3.05, 3.63) is 15.6 Å². The number of nitrogens with one attached hydrogen (secondary N) is 1. The number of urea groups is 1. The van der Waals surface area contributed by atoms with Gasteiger partial charge in [0, 0.05) is 23.7 Å². The third-order valence-electron chi connectivity index (χ3n) is 3.25. The molecule has 0 aliphatic heterocycles. The Balaban J connectivity index is 2.72. The number of thioether (sulfide) groups is 1. The minimum atomic E-state index is -0.0232. The van der Waals surface area contributed by atoms with Crippen LogP contribution in [-0.2, 0) is 6.42 Å². The monoisotopic (exact) mass is 315 g/mol. The first-order valence-electron chi connectivity index (χ1n) is 6.89. The zero-order valence-corrected chi connectivity index (χ0v) is 14.8. The number of rotatable bonds is 6. The highest BCUT2D eigenvalue weighted by Crippen LogP contribution is 2.28. The molecule has 1 aromatic rings. The predicted molar refractivity (Wildman–Crippen MR) is 88.8 cm³/mol. The summed E-state index contributed by atoms with van der Waals surface area (Å²) in [5.41, 5.74) is 1.04. The van der Waals surface area contributed by atoms with Crippen molar-refractivity contribution in [3.63, 3.8) is 0 Å². The van der Waals surface area contributed by atoms with Crippen molar-refractivity contribution in [1.82, 2.24) is 15.2 Å². The number of carbonyl (C=O) groups is 1. The summed E-state index contributed by atoms with van der Waals surface area (Å²) in [5.74, 6) is 0.924. The lowest BCUT2D eigenvalue weighted by Gasteiger charge is -2.26. The lowest BCUT2D eigenvalue weighted by Crippen LogP contribution is -2.43. The summed E-state index contributed by atoms with van der Waals surface area (Å²) in [4.78, 5) is 19.7. The Bertz CT molecular complexity index is 448. The van der Waals surface area contributed by atoms with Crippen molar-refractivity contribution < 1.29 is 4.79 Å². The largest absolute Gasteiger partial charge is 0.335 e. The van der Waals surface area contributed by atoms with E-state index in [0.717, 1.165) is 22.9 Å². The molecule has 1 aromatic heterocycles. The van der Waals surface area contributed by atoms with Gasteiger partial charge in [-0.15, -0.1) is 11.3 Å².